The maximum absolute atomic E-state index is 12.5. The van der Waals surface area contributed by atoms with Gasteiger partial charge < -0.3 is 10.6 Å². The molecular formula is C13H19N3O3S2. The molecule has 0 aromatic heterocycles. The highest BCUT2D eigenvalue weighted by Crippen LogP contribution is 2.20. The molecule has 21 heavy (non-hydrogen) atoms. The topological polar surface area (TPSA) is 83.7 Å². The van der Waals surface area contributed by atoms with Gasteiger partial charge in [-0.15, -0.1) is 0 Å². The van der Waals surface area contributed by atoms with E-state index in [1.807, 2.05) is 0 Å². The Morgan fingerprint density at radius 1 is 1.29 bits per heavy atom. The Morgan fingerprint density at radius 3 is 2.29 bits per heavy atom. The minimum Gasteiger partial charge on any atom is -0.389 e. The van der Waals surface area contributed by atoms with Gasteiger partial charge >= 0.3 is 0 Å². The van der Waals surface area contributed by atoms with Crippen molar-refractivity contribution in [3.63, 3.8) is 0 Å². The first-order valence-electron chi connectivity index (χ1n) is 6.14. The smallest absolute Gasteiger partial charge is 0.243 e. The van der Waals surface area contributed by atoms with Crippen molar-refractivity contribution < 1.29 is 13.2 Å². The van der Waals surface area contributed by atoms with Gasteiger partial charge in [0.1, 0.15) is 4.99 Å². The molecule has 0 bridgehead atoms. The summed E-state index contributed by atoms with van der Waals surface area (Å²) in [6.45, 7) is 1.45. The summed E-state index contributed by atoms with van der Waals surface area (Å²) < 4.78 is 26.0. The normalized spacial score (nSPS) is 11.5. The number of carbonyl (C=O) groups is 1. The van der Waals surface area contributed by atoms with Crippen LogP contribution in [0.2, 0.25) is 0 Å². The number of nitrogens with zero attached hydrogens (tertiary/aromatic N) is 2. The molecule has 0 radical (unpaired) electrons. The maximum Gasteiger partial charge on any atom is 0.243 e. The van der Waals surface area contributed by atoms with Crippen molar-refractivity contribution in [2.24, 2.45) is 5.73 Å². The van der Waals surface area contributed by atoms with Crippen LogP contribution in [0.5, 0.6) is 0 Å². The fraction of sp³-hybridized carbons (Fsp3) is 0.385. The summed E-state index contributed by atoms with van der Waals surface area (Å²) >= 11 is 4.86. The molecule has 8 heteroatoms. The molecule has 0 fully saturated rings. The Balaban J connectivity index is 3.13. The van der Waals surface area contributed by atoms with Crippen LogP contribution >= 0.6 is 12.2 Å². The first kappa shape index (κ1) is 17.5. The van der Waals surface area contributed by atoms with E-state index in [9.17, 15) is 13.2 Å². The Bertz CT molecular complexity index is 669. The highest BCUT2D eigenvalue weighted by atomic mass is 32.2. The van der Waals surface area contributed by atoms with Crippen LogP contribution < -0.4 is 5.73 Å². The van der Waals surface area contributed by atoms with Crippen molar-refractivity contribution >= 4 is 33.1 Å². The first-order valence-corrected chi connectivity index (χ1v) is 7.99. The Hall–Kier alpha value is -1.51. The molecule has 0 aliphatic heterocycles. The highest BCUT2D eigenvalue weighted by Gasteiger charge is 2.25. The van der Waals surface area contributed by atoms with Gasteiger partial charge in [-0.25, -0.2) is 8.42 Å². The van der Waals surface area contributed by atoms with E-state index in [0.29, 0.717) is 11.1 Å². The number of amides is 1. The molecule has 2 N–H and O–H groups in total. The summed E-state index contributed by atoms with van der Waals surface area (Å²) in [5.74, 6) is -0.293. The third-order valence-corrected chi connectivity index (χ3v) is 5.20. The van der Waals surface area contributed by atoms with Crippen LogP contribution in [0.4, 0.5) is 0 Å². The number of sulfonamides is 1. The summed E-state index contributed by atoms with van der Waals surface area (Å²) in [6.07, 6.45) is 0. The fourth-order valence-corrected chi connectivity index (χ4v) is 3.13. The molecular weight excluding hydrogens is 310 g/mol. The summed E-state index contributed by atoms with van der Waals surface area (Å²) in [7, 11) is 0.783. The zero-order valence-electron chi connectivity index (χ0n) is 12.5. The van der Waals surface area contributed by atoms with Crippen molar-refractivity contribution in [3.05, 3.63) is 29.3 Å². The van der Waals surface area contributed by atoms with Gasteiger partial charge in [0.2, 0.25) is 15.9 Å². The zero-order valence-corrected chi connectivity index (χ0v) is 14.1. The predicted molar refractivity (Wildman–Crippen MR) is 85.6 cm³/mol. The minimum atomic E-state index is -3.74. The molecule has 0 saturated heterocycles. The first-order chi connectivity index (χ1) is 9.57. The van der Waals surface area contributed by atoms with Gasteiger partial charge in [-0.1, -0.05) is 18.3 Å². The average molecular weight is 329 g/mol. The molecule has 116 valence electrons. The second-order valence-electron chi connectivity index (χ2n) is 4.89. The number of likely N-dealkylation sites (N-methyl/N-ethyl adjacent to an activating group) is 2. The van der Waals surface area contributed by atoms with Crippen molar-refractivity contribution in [1.29, 1.82) is 0 Å². The number of hydrogen-bond acceptors (Lipinski definition) is 4. The van der Waals surface area contributed by atoms with Gasteiger partial charge in [0, 0.05) is 26.7 Å². The van der Waals surface area contributed by atoms with E-state index in [4.69, 9.17) is 18.0 Å². The molecule has 1 aromatic rings. The van der Waals surface area contributed by atoms with Gasteiger partial charge in [0.05, 0.1) is 11.4 Å². The van der Waals surface area contributed by atoms with E-state index in [1.54, 1.807) is 33.2 Å². The minimum absolute atomic E-state index is 0.136. The van der Waals surface area contributed by atoms with Crippen LogP contribution in [0, 0.1) is 6.92 Å². The van der Waals surface area contributed by atoms with Gasteiger partial charge in [0.25, 0.3) is 0 Å². The number of benzene rings is 1. The lowest BCUT2D eigenvalue weighted by atomic mass is 10.1. The van der Waals surface area contributed by atoms with Crippen LogP contribution in [-0.2, 0) is 14.8 Å². The maximum atomic E-state index is 12.5. The lowest BCUT2D eigenvalue weighted by Gasteiger charge is -2.20. The van der Waals surface area contributed by atoms with Crippen LogP contribution in [0.15, 0.2) is 23.1 Å². The molecule has 0 atom stereocenters. The summed E-state index contributed by atoms with van der Waals surface area (Å²) in [4.78, 5) is 13.3. The third-order valence-electron chi connectivity index (χ3n) is 3.00. The van der Waals surface area contributed by atoms with Gasteiger partial charge in [-0.05, 0) is 24.6 Å². The fourth-order valence-electron chi connectivity index (χ4n) is 1.68. The lowest BCUT2D eigenvalue weighted by Crippen LogP contribution is -2.38. The van der Waals surface area contributed by atoms with E-state index >= 15 is 0 Å². The number of rotatable bonds is 5. The van der Waals surface area contributed by atoms with Crippen LogP contribution in [-0.4, -0.2) is 56.2 Å². The van der Waals surface area contributed by atoms with Crippen LogP contribution in [0.3, 0.4) is 0 Å². The zero-order chi connectivity index (χ0) is 16.4. The van der Waals surface area contributed by atoms with Crippen LogP contribution in [0.25, 0.3) is 0 Å². The summed E-state index contributed by atoms with van der Waals surface area (Å²) in [5, 5.41) is 0. The molecule has 0 saturated carbocycles. The predicted octanol–water partition coefficient (Wildman–Crippen LogP) is 0.338. The van der Waals surface area contributed by atoms with E-state index < -0.39 is 10.0 Å². The molecule has 1 amide bonds. The molecule has 0 unspecified atom stereocenters. The molecule has 1 rings (SSSR count). The number of carbonyl (C=O) groups excluding carboxylic acids is 1. The molecule has 0 spiro atoms. The quantitative estimate of drug-likeness (QED) is 0.788. The Morgan fingerprint density at radius 2 is 1.86 bits per heavy atom. The largest absolute Gasteiger partial charge is 0.389 e. The monoisotopic (exact) mass is 329 g/mol. The van der Waals surface area contributed by atoms with Gasteiger partial charge in [-0.3, -0.25) is 4.79 Å². The Kier molecular flexibility index (Phi) is 5.43. The molecule has 1 aromatic carbocycles. The summed E-state index contributed by atoms with van der Waals surface area (Å²) in [5.41, 5.74) is 6.66. The lowest BCUT2D eigenvalue weighted by molar-refractivity contribution is -0.128. The third kappa shape index (κ3) is 3.99. The van der Waals surface area contributed by atoms with E-state index in [-0.39, 0.29) is 22.3 Å². The molecule has 6 nitrogen and oxygen atoms in total. The van der Waals surface area contributed by atoms with E-state index in [2.05, 4.69) is 0 Å². The molecule has 0 aliphatic rings. The van der Waals surface area contributed by atoms with Crippen LogP contribution in [0.1, 0.15) is 11.1 Å². The second kappa shape index (κ2) is 6.50. The van der Waals surface area contributed by atoms with E-state index in [1.165, 1.54) is 18.0 Å². The van der Waals surface area contributed by atoms with Crippen molar-refractivity contribution in [2.45, 2.75) is 11.8 Å². The Labute approximate surface area is 130 Å². The second-order valence-corrected chi connectivity index (χ2v) is 7.35. The van der Waals surface area contributed by atoms with E-state index in [0.717, 1.165) is 4.31 Å². The number of hydrogen-bond donors (Lipinski definition) is 1. The van der Waals surface area contributed by atoms with Crippen molar-refractivity contribution in [2.75, 3.05) is 27.7 Å². The van der Waals surface area contributed by atoms with Gasteiger partial charge in [0.15, 0.2) is 0 Å². The summed E-state index contributed by atoms with van der Waals surface area (Å²) in [6, 6.07) is 4.64. The van der Waals surface area contributed by atoms with Crippen molar-refractivity contribution in [1.82, 2.24) is 9.21 Å². The number of thiocarbonyl (C=S) groups is 1. The SMILES string of the molecule is Cc1cc(C(N)=S)ccc1S(=O)(=O)N(C)CC(=O)N(C)C. The number of aryl methyl sites for hydroxylation is 1. The molecule has 0 heterocycles. The molecule has 0 aliphatic carbocycles. The average Bonchev–Trinajstić information content (AvgIpc) is 2.37. The highest BCUT2D eigenvalue weighted by molar-refractivity contribution is 7.89. The van der Waals surface area contributed by atoms with Gasteiger partial charge in [-0.2, -0.15) is 4.31 Å². The standard InChI is InChI=1S/C13H19N3O3S2/c1-9-7-10(13(14)20)5-6-11(9)21(18,19)16(4)8-12(17)15(2)3/h5-7H,8H2,1-4H3,(H2,14,20). The van der Waals surface area contributed by atoms with Crippen molar-refractivity contribution in [3.8, 4) is 0 Å². The number of nitrogens with two attached hydrogens (primary N) is 1.